The van der Waals surface area contributed by atoms with Gasteiger partial charge in [-0.3, -0.25) is 4.90 Å². The molecule has 1 aliphatic heterocycles. The molecule has 0 radical (unpaired) electrons. The molecule has 3 fully saturated rings. The second kappa shape index (κ2) is 6.71. The molecule has 132 valence electrons. The Morgan fingerprint density at radius 1 is 1.29 bits per heavy atom. The summed E-state index contributed by atoms with van der Waals surface area (Å²) < 4.78 is 19.3. The highest BCUT2D eigenvalue weighted by Gasteiger charge is 2.59. The summed E-state index contributed by atoms with van der Waals surface area (Å²) in [7, 11) is 0. The molecular formula is C19H27FN2O2. The van der Waals surface area contributed by atoms with Crippen LogP contribution in [0.5, 0.6) is 0 Å². The zero-order valence-corrected chi connectivity index (χ0v) is 14.1. The number of nitrogens with zero attached hydrogens (tertiary/aromatic N) is 1. The molecule has 1 saturated heterocycles. The molecule has 5 heteroatoms. The van der Waals surface area contributed by atoms with Crippen LogP contribution in [0.3, 0.4) is 0 Å². The van der Waals surface area contributed by atoms with Crippen molar-refractivity contribution in [3.8, 4) is 0 Å². The van der Waals surface area contributed by atoms with Crippen molar-refractivity contribution >= 4 is 0 Å². The Balaban J connectivity index is 1.35. The Morgan fingerprint density at radius 3 is 2.71 bits per heavy atom. The third-order valence-electron chi connectivity index (χ3n) is 6.41. The number of aliphatic hydroxyl groups is 1. The minimum atomic E-state index is -0.786. The zero-order chi connectivity index (χ0) is 16.6. The SMILES string of the molecule is OC(CN[C@@H]1C[C@@H](N2CCOCC2)C12CCC2)c1ccccc1F. The van der Waals surface area contributed by atoms with Gasteiger partial charge in [0.15, 0.2) is 0 Å². The summed E-state index contributed by atoms with van der Waals surface area (Å²) in [6.07, 6.45) is 4.18. The molecule has 2 aliphatic carbocycles. The third-order valence-corrected chi connectivity index (χ3v) is 6.41. The van der Waals surface area contributed by atoms with Crippen molar-refractivity contribution in [1.29, 1.82) is 0 Å². The van der Waals surface area contributed by atoms with E-state index in [1.54, 1.807) is 18.2 Å². The normalized spacial score (nSPS) is 30.6. The van der Waals surface area contributed by atoms with Crippen LogP contribution in [0.15, 0.2) is 24.3 Å². The first-order valence-corrected chi connectivity index (χ1v) is 9.18. The second-order valence-electron chi connectivity index (χ2n) is 7.48. The van der Waals surface area contributed by atoms with E-state index < -0.39 is 6.10 Å². The van der Waals surface area contributed by atoms with Gasteiger partial charge in [-0.05, 0) is 25.3 Å². The minimum Gasteiger partial charge on any atom is -0.387 e. The van der Waals surface area contributed by atoms with Gasteiger partial charge in [0.2, 0.25) is 0 Å². The number of hydrogen-bond acceptors (Lipinski definition) is 4. The molecule has 1 heterocycles. The molecule has 2 saturated carbocycles. The van der Waals surface area contributed by atoms with E-state index in [0.717, 1.165) is 32.7 Å². The van der Waals surface area contributed by atoms with Crippen molar-refractivity contribution in [3.63, 3.8) is 0 Å². The van der Waals surface area contributed by atoms with Crippen molar-refractivity contribution in [1.82, 2.24) is 10.2 Å². The van der Waals surface area contributed by atoms with E-state index in [9.17, 15) is 9.50 Å². The number of aliphatic hydroxyl groups excluding tert-OH is 1. The summed E-state index contributed by atoms with van der Waals surface area (Å²) in [4.78, 5) is 2.59. The lowest BCUT2D eigenvalue weighted by Gasteiger charge is -2.65. The summed E-state index contributed by atoms with van der Waals surface area (Å²) in [5.41, 5.74) is 0.753. The standard InChI is InChI=1S/C19H27FN2O2/c20-15-5-2-1-4-14(15)16(23)13-21-17-12-18(19(17)6-3-7-19)22-8-10-24-11-9-22/h1-2,4-5,16-18,21,23H,3,6-13H2/t16?,17-,18-/m1/s1. The van der Waals surface area contributed by atoms with Crippen LogP contribution in [-0.2, 0) is 4.74 Å². The Morgan fingerprint density at radius 2 is 2.04 bits per heavy atom. The lowest BCUT2D eigenvalue weighted by atomic mass is 9.49. The molecule has 3 aliphatic rings. The molecule has 3 atom stereocenters. The number of morpholine rings is 1. The highest BCUT2D eigenvalue weighted by molar-refractivity contribution is 5.21. The number of halogens is 1. The number of nitrogens with one attached hydrogen (secondary N) is 1. The summed E-state index contributed by atoms with van der Waals surface area (Å²) in [5.74, 6) is -0.329. The fourth-order valence-electron chi connectivity index (χ4n) is 4.83. The maximum absolute atomic E-state index is 13.8. The molecule has 0 aromatic heterocycles. The zero-order valence-electron chi connectivity index (χ0n) is 14.1. The summed E-state index contributed by atoms with van der Waals surface area (Å²) >= 11 is 0. The molecule has 24 heavy (non-hydrogen) atoms. The van der Waals surface area contributed by atoms with E-state index in [4.69, 9.17) is 4.74 Å². The highest BCUT2D eigenvalue weighted by Crippen LogP contribution is 2.58. The fraction of sp³-hybridized carbons (Fsp3) is 0.684. The highest BCUT2D eigenvalue weighted by atomic mass is 19.1. The van der Waals surface area contributed by atoms with E-state index >= 15 is 0 Å². The number of rotatable bonds is 5. The molecule has 2 N–H and O–H groups in total. The quantitative estimate of drug-likeness (QED) is 0.865. The maximum atomic E-state index is 13.8. The van der Waals surface area contributed by atoms with Crippen LogP contribution in [0.25, 0.3) is 0 Å². The van der Waals surface area contributed by atoms with Crippen LogP contribution in [0, 0.1) is 11.2 Å². The summed E-state index contributed by atoms with van der Waals surface area (Å²) in [6, 6.07) is 7.59. The fourth-order valence-corrected chi connectivity index (χ4v) is 4.83. The number of benzene rings is 1. The summed E-state index contributed by atoms with van der Waals surface area (Å²) in [5, 5.41) is 13.8. The smallest absolute Gasteiger partial charge is 0.129 e. The third kappa shape index (κ3) is 2.77. The van der Waals surface area contributed by atoms with E-state index in [0.29, 0.717) is 29.6 Å². The van der Waals surface area contributed by atoms with Gasteiger partial charge in [0, 0.05) is 42.7 Å². The van der Waals surface area contributed by atoms with E-state index in [2.05, 4.69) is 10.2 Å². The van der Waals surface area contributed by atoms with Gasteiger partial charge < -0.3 is 15.2 Å². The molecule has 1 aromatic carbocycles. The Labute approximate surface area is 143 Å². The average molecular weight is 334 g/mol. The second-order valence-corrected chi connectivity index (χ2v) is 7.48. The monoisotopic (exact) mass is 334 g/mol. The lowest BCUT2D eigenvalue weighted by molar-refractivity contribution is -0.135. The lowest BCUT2D eigenvalue weighted by Crippen LogP contribution is -2.72. The maximum Gasteiger partial charge on any atom is 0.129 e. The molecule has 1 spiro atoms. The number of ether oxygens (including phenoxy) is 1. The van der Waals surface area contributed by atoms with Crippen LogP contribution >= 0.6 is 0 Å². The molecule has 4 nitrogen and oxygen atoms in total. The Kier molecular flexibility index (Phi) is 4.60. The Bertz CT molecular complexity index is 572. The van der Waals surface area contributed by atoms with E-state index in [1.807, 2.05) is 0 Å². The van der Waals surface area contributed by atoms with E-state index in [-0.39, 0.29) is 5.82 Å². The van der Waals surface area contributed by atoms with Crippen LogP contribution in [-0.4, -0.2) is 54.9 Å². The van der Waals surface area contributed by atoms with Crippen molar-refractivity contribution in [2.75, 3.05) is 32.8 Å². The minimum absolute atomic E-state index is 0.329. The van der Waals surface area contributed by atoms with Crippen molar-refractivity contribution in [2.24, 2.45) is 5.41 Å². The van der Waals surface area contributed by atoms with Gasteiger partial charge in [0.05, 0.1) is 19.3 Å². The van der Waals surface area contributed by atoms with E-state index in [1.165, 1.54) is 25.3 Å². The first-order valence-electron chi connectivity index (χ1n) is 9.18. The molecule has 0 bridgehead atoms. The summed E-state index contributed by atoms with van der Waals surface area (Å²) in [6.45, 7) is 4.19. The molecule has 1 unspecified atom stereocenters. The Hall–Kier alpha value is -1.01. The molecule has 1 aromatic rings. The van der Waals surface area contributed by atoms with Crippen molar-refractivity contribution < 1.29 is 14.2 Å². The van der Waals surface area contributed by atoms with Gasteiger partial charge in [-0.1, -0.05) is 24.6 Å². The van der Waals surface area contributed by atoms with Crippen molar-refractivity contribution in [2.45, 2.75) is 43.9 Å². The van der Waals surface area contributed by atoms with Gasteiger partial charge >= 0.3 is 0 Å². The van der Waals surface area contributed by atoms with Gasteiger partial charge in [-0.15, -0.1) is 0 Å². The van der Waals surface area contributed by atoms with Gasteiger partial charge in [-0.25, -0.2) is 4.39 Å². The van der Waals surface area contributed by atoms with Gasteiger partial charge in [-0.2, -0.15) is 0 Å². The predicted octanol–water partition coefficient (Wildman–Crippen LogP) is 2.09. The van der Waals surface area contributed by atoms with Crippen LogP contribution in [0.4, 0.5) is 4.39 Å². The van der Waals surface area contributed by atoms with Gasteiger partial charge in [0.1, 0.15) is 5.82 Å². The topological polar surface area (TPSA) is 44.7 Å². The average Bonchev–Trinajstić information content (AvgIpc) is 2.53. The van der Waals surface area contributed by atoms with Crippen LogP contribution in [0.2, 0.25) is 0 Å². The first-order chi connectivity index (χ1) is 11.7. The van der Waals surface area contributed by atoms with Crippen molar-refractivity contribution in [3.05, 3.63) is 35.6 Å². The van der Waals surface area contributed by atoms with Crippen LogP contribution in [0.1, 0.15) is 37.4 Å². The molecule has 4 rings (SSSR count). The van der Waals surface area contributed by atoms with Gasteiger partial charge in [0.25, 0.3) is 0 Å². The predicted molar refractivity (Wildman–Crippen MR) is 90.2 cm³/mol. The van der Waals surface area contributed by atoms with Crippen LogP contribution < -0.4 is 5.32 Å². The first kappa shape index (κ1) is 16.5. The molecule has 0 amide bonds. The largest absolute Gasteiger partial charge is 0.387 e. The molecular weight excluding hydrogens is 307 g/mol. The number of hydrogen-bond donors (Lipinski definition) is 2.